The summed E-state index contributed by atoms with van der Waals surface area (Å²) in [6.07, 6.45) is 4.74. The Bertz CT molecular complexity index is 263. The fraction of sp³-hybridized carbons (Fsp3) is 0.286. The van der Waals surface area contributed by atoms with Gasteiger partial charge in [0.15, 0.2) is 0 Å². The maximum Gasteiger partial charge on any atom is 0.320 e. The number of hydrogen-bond acceptors (Lipinski definition) is 4. The summed E-state index contributed by atoms with van der Waals surface area (Å²) in [5.41, 5.74) is 5.87. The minimum Gasteiger partial charge on any atom is -0.480 e. The van der Waals surface area contributed by atoms with E-state index in [1.54, 1.807) is 0 Å². The van der Waals surface area contributed by atoms with Crippen LogP contribution in [0.2, 0.25) is 0 Å². The fourth-order valence-electron chi connectivity index (χ4n) is 0.748. The summed E-state index contributed by atoms with van der Waals surface area (Å²) in [6.45, 7) is 0. The number of carbonyl (C=O) groups is 1. The van der Waals surface area contributed by atoms with Gasteiger partial charge in [0.05, 0.1) is 5.69 Å². The van der Waals surface area contributed by atoms with Crippen LogP contribution in [0.15, 0.2) is 18.6 Å². The van der Waals surface area contributed by atoms with Crippen LogP contribution in [0.5, 0.6) is 0 Å². The molecule has 12 heavy (non-hydrogen) atoms. The van der Waals surface area contributed by atoms with Crippen LogP contribution in [0, 0.1) is 0 Å². The molecule has 64 valence electrons. The topological polar surface area (TPSA) is 89.1 Å². The zero-order valence-electron chi connectivity index (χ0n) is 6.34. The van der Waals surface area contributed by atoms with Gasteiger partial charge in [0, 0.05) is 25.0 Å². The first-order valence-corrected chi connectivity index (χ1v) is 3.43. The van der Waals surface area contributed by atoms with E-state index < -0.39 is 12.0 Å². The van der Waals surface area contributed by atoms with Crippen molar-refractivity contribution in [2.24, 2.45) is 5.73 Å². The number of nitrogens with two attached hydrogens (primary N) is 1. The predicted octanol–water partition coefficient (Wildman–Crippen LogP) is -0.569. The lowest BCUT2D eigenvalue weighted by molar-refractivity contribution is -0.138. The van der Waals surface area contributed by atoms with Crippen molar-refractivity contribution in [2.75, 3.05) is 0 Å². The Morgan fingerprint density at radius 2 is 2.42 bits per heavy atom. The number of rotatable bonds is 3. The molecule has 0 radical (unpaired) electrons. The van der Waals surface area contributed by atoms with Crippen LogP contribution in [-0.4, -0.2) is 27.1 Å². The first-order chi connectivity index (χ1) is 5.70. The Kier molecular flexibility index (Phi) is 2.71. The first kappa shape index (κ1) is 8.61. The standard InChI is InChI=1S/C7H9N3O2/c8-6(7(11)12)3-5-4-9-1-2-10-5/h1-2,4,6H,3,8H2,(H,11,12). The maximum atomic E-state index is 10.3. The van der Waals surface area contributed by atoms with Crippen molar-refractivity contribution in [2.45, 2.75) is 12.5 Å². The smallest absolute Gasteiger partial charge is 0.320 e. The normalized spacial score (nSPS) is 12.4. The third-order valence-corrected chi connectivity index (χ3v) is 1.36. The summed E-state index contributed by atoms with van der Waals surface area (Å²) >= 11 is 0. The molecule has 1 rings (SSSR count). The SMILES string of the molecule is NC(Cc1cnccn1)C(=O)O. The largest absolute Gasteiger partial charge is 0.480 e. The molecule has 0 saturated carbocycles. The summed E-state index contributed by atoms with van der Waals surface area (Å²) in [5, 5.41) is 8.47. The van der Waals surface area contributed by atoms with Crippen LogP contribution in [0.1, 0.15) is 5.69 Å². The molecule has 1 heterocycles. The second-order valence-corrected chi connectivity index (χ2v) is 2.35. The molecular formula is C7H9N3O2. The van der Waals surface area contributed by atoms with E-state index in [4.69, 9.17) is 10.8 Å². The molecule has 0 saturated heterocycles. The van der Waals surface area contributed by atoms with Crippen molar-refractivity contribution >= 4 is 5.97 Å². The van der Waals surface area contributed by atoms with E-state index in [1.165, 1.54) is 18.6 Å². The van der Waals surface area contributed by atoms with Crippen molar-refractivity contribution in [3.05, 3.63) is 24.3 Å². The van der Waals surface area contributed by atoms with E-state index in [0.717, 1.165) is 0 Å². The highest BCUT2D eigenvalue weighted by molar-refractivity contribution is 5.73. The average Bonchev–Trinajstić information content (AvgIpc) is 2.06. The minimum atomic E-state index is -1.03. The van der Waals surface area contributed by atoms with Crippen molar-refractivity contribution in [1.82, 2.24) is 9.97 Å². The molecule has 1 aromatic heterocycles. The highest BCUT2D eigenvalue weighted by Gasteiger charge is 2.12. The summed E-state index contributed by atoms with van der Waals surface area (Å²) in [5.74, 6) is -1.03. The highest BCUT2D eigenvalue weighted by Crippen LogP contribution is 1.94. The zero-order valence-corrected chi connectivity index (χ0v) is 6.34. The summed E-state index contributed by atoms with van der Waals surface area (Å²) < 4.78 is 0. The van der Waals surface area contributed by atoms with Crippen LogP contribution in [0.3, 0.4) is 0 Å². The third-order valence-electron chi connectivity index (χ3n) is 1.36. The highest BCUT2D eigenvalue weighted by atomic mass is 16.4. The van der Waals surface area contributed by atoms with Gasteiger partial charge in [-0.1, -0.05) is 0 Å². The minimum absolute atomic E-state index is 0.211. The first-order valence-electron chi connectivity index (χ1n) is 3.43. The Morgan fingerprint density at radius 1 is 1.67 bits per heavy atom. The molecular weight excluding hydrogens is 158 g/mol. The Balaban J connectivity index is 2.58. The molecule has 1 unspecified atom stereocenters. The van der Waals surface area contributed by atoms with Gasteiger partial charge in [-0.05, 0) is 0 Å². The van der Waals surface area contributed by atoms with Gasteiger partial charge in [-0.25, -0.2) is 0 Å². The van der Waals surface area contributed by atoms with Gasteiger partial charge in [-0.2, -0.15) is 0 Å². The lowest BCUT2D eigenvalue weighted by atomic mass is 10.2. The average molecular weight is 167 g/mol. The van der Waals surface area contributed by atoms with Crippen molar-refractivity contribution in [3.63, 3.8) is 0 Å². The van der Waals surface area contributed by atoms with Crippen molar-refractivity contribution in [1.29, 1.82) is 0 Å². The van der Waals surface area contributed by atoms with Crippen LogP contribution < -0.4 is 5.73 Å². The number of hydrogen-bond donors (Lipinski definition) is 2. The third kappa shape index (κ3) is 2.28. The van der Waals surface area contributed by atoms with Gasteiger partial charge in [0.25, 0.3) is 0 Å². The number of aliphatic carboxylic acids is 1. The van der Waals surface area contributed by atoms with E-state index >= 15 is 0 Å². The Hall–Kier alpha value is -1.49. The van der Waals surface area contributed by atoms with Crippen LogP contribution in [0.4, 0.5) is 0 Å². The molecule has 0 spiro atoms. The van der Waals surface area contributed by atoms with Crippen molar-refractivity contribution in [3.8, 4) is 0 Å². The number of aromatic nitrogens is 2. The summed E-state index contributed by atoms with van der Waals surface area (Å²) in [7, 11) is 0. The molecule has 3 N–H and O–H groups in total. The Morgan fingerprint density at radius 3 is 2.92 bits per heavy atom. The van der Waals surface area contributed by atoms with Gasteiger partial charge < -0.3 is 10.8 Å². The molecule has 0 aliphatic carbocycles. The molecule has 0 aromatic carbocycles. The lowest BCUT2D eigenvalue weighted by Gasteiger charge is -2.03. The molecule has 5 nitrogen and oxygen atoms in total. The monoisotopic (exact) mass is 167 g/mol. The second-order valence-electron chi connectivity index (χ2n) is 2.35. The quantitative estimate of drug-likeness (QED) is 0.629. The number of nitrogens with zero attached hydrogens (tertiary/aromatic N) is 2. The maximum absolute atomic E-state index is 10.3. The summed E-state index contributed by atoms with van der Waals surface area (Å²) in [6, 6.07) is -0.901. The Labute approximate surface area is 69.3 Å². The molecule has 0 fully saturated rings. The molecule has 0 aliphatic heterocycles. The van der Waals surface area contributed by atoms with Gasteiger partial charge >= 0.3 is 5.97 Å². The zero-order chi connectivity index (χ0) is 8.97. The van der Waals surface area contributed by atoms with Crippen LogP contribution >= 0.6 is 0 Å². The van der Waals surface area contributed by atoms with Crippen LogP contribution in [-0.2, 0) is 11.2 Å². The molecule has 5 heteroatoms. The van der Waals surface area contributed by atoms with E-state index in [9.17, 15) is 4.79 Å². The predicted molar refractivity (Wildman–Crippen MR) is 41.3 cm³/mol. The van der Waals surface area contributed by atoms with E-state index in [2.05, 4.69) is 9.97 Å². The molecule has 1 aromatic rings. The van der Waals surface area contributed by atoms with Gasteiger partial charge in [0.1, 0.15) is 6.04 Å². The summed E-state index contributed by atoms with van der Waals surface area (Å²) in [4.78, 5) is 18.0. The molecule has 0 aliphatic rings. The number of carboxylic acids is 1. The molecule has 0 amide bonds. The number of carboxylic acid groups (broad SMARTS) is 1. The van der Waals surface area contributed by atoms with Gasteiger partial charge in [-0.15, -0.1) is 0 Å². The lowest BCUT2D eigenvalue weighted by Crippen LogP contribution is -2.32. The van der Waals surface area contributed by atoms with Gasteiger partial charge in [0.2, 0.25) is 0 Å². The fourth-order valence-corrected chi connectivity index (χ4v) is 0.748. The van der Waals surface area contributed by atoms with E-state index in [1.807, 2.05) is 0 Å². The van der Waals surface area contributed by atoms with Crippen molar-refractivity contribution < 1.29 is 9.90 Å². The van der Waals surface area contributed by atoms with E-state index in [-0.39, 0.29) is 6.42 Å². The van der Waals surface area contributed by atoms with Gasteiger partial charge in [-0.3, -0.25) is 14.8 Å². The molecule has 0 bridgehead atoms. The molecule has 1 atom stereocenters. The van der Waals surface area contributed by atoms with Crippen LogP contribution in [0.25, 0.3) is 0 Å². The second kappa shape index (κ2) is 3.77. The van der Waals surface area contributed by atoms with E-state index in [0.29, 0.717) is 5.69 Å².